The van der Waals surface area contributed by atoms with E-state index in [1.165, 1.54) is 47.5 Å². The van der Waals surface area contributed by atoms with Gasteiger partial charge in [-0.3, -0.25) is 14.4 Å². The molecule has 9 heteroatoms. The van der Waals surface area contributed by atoms with Gasteiger partial charge in [0.25, 0.3) is 0 Å². The van der Waals surface area contributed by atoms with E-state index in [9.17, 15) is 24.0 Å². The number of primary amides is 2. The molecule has 4 atom stereocenters. The Kier molecular flexibility index (Phi) is 5.12. The van der Waals surface area contributed by atoms with Gasteiger partial charge in [0, 0.05) is 12.1 Å². The van der Waals surface area contributed by atoms with Gasteiger partial charge in [0.2, 0.25) is 11.8 Å². The molecule has 29 heavy (non-hydrogen) atoms. The zero-order chi connectivity index (χ0) is 21.3. The number of benzene rings is 1. The van der Waals surface area contributed by atoms with E-state index in [1.54, 1.807) is 6.92 Å². The molecule has 0 aromatic heterocycles. The van der Waals surface area contributed by atoms with Crippen molar-refractivity contribution in [3.05, 3.63) is 59.6 Å². The standard InChI is InChI=1S/C20H19FN4O4/c1-2-29-19(28)20(10-22)14-8-5-12(17(23)26)9-25(14)16(18(24)27)15(20)11-3-6-13(21)7-4-11/h3-9,14-16H,2H2,1H3,(H2,23,26)(H2,24,27)/t14-,15-,16+,20+/m0/s1. The van der Waals surface area contributed by atoms with Gasteiger partial charge in [-0.1, -0.05) is 18.2 Å². The van der Waals surface area contributed by atoms with E-state index in [4.69, 9.17) is 16.2 Å². The first kappa shape index (κ1) is 20.1. The molecule has 0 saturated carbocycles. The minimum absolute atomic E-state index is 0.0123. The Morgan fingerprint density at radius 1 is 1.28 bits per heavy atom. The molecule has 1 fully saturated rings. The molecular formula is C20H19FN4O4. The molecule has 0 unspecified atom stereocenters. The quantitative estimate of drug-likeness (QED) is 0.691. The topological polar surface area (TPSA) is 140 Å². The number of nitriles is 1. The number of hydrogen-bond donors (Lipinski definition) is 2. The smallest absolute Gasteiger partial charge is 0.329 e. The molecular weight excluding hydrogens is 379 g/mol. The van der Waals surface area contributed by atoms with Gasteiger partial charge in [0.15, 0.2) is 5.41 Å². The summed E-state index contributed by atoms with van der Waals surface area (Å²) in [6.45, 7) is 1.61. The van der Waals surface area contributed by atoms with Gasteiger partial charge in [-0.2, -0.15) is 5.26 Å². The van der Waals surface area contributed by atoms with Crippen LogP contribution in [-0.2, 0) is 19.1 Å². The molecule has 0 aliphatic carbocycles. The van der Waals surface area contributed by atoms with Crippen LogP contribution >= 0.6 is 0 Å². The van der Waals surface area contributed by atoms with Crippen LogP contribution in [0.5, 0.6) is 0 Å². The molecule has 2 aliphatic rings. The highest BCUT2D eigenvalue weighted by atomic mass is 19.1. The fourth-order valence-electron chi connectivity index (χ4n) is 4.08. The van der Waals surface area contributed by atoms with Gasteiger partial charge >= 0.3 is 5.97 Å². The molecule has 1 saturated heterocycles. The summed E-state index contributed by atoms with van der Waals surface area (Å²) in [5.41, 5.74) is 9.58. The van der Waals surface area contributed by atoms with Crippen LogP contribution in [0.4, 0.5) is 4.39 Å². The van der Waals surface area contributed by atoms with Crippen LogP contribution in [0.2, 0.25) is 0 Å². The summed E-state index contributed by atoms with van der Waals surface area (Å²) in [6, 6.07) is 5.04. The number of rotatable bonds is 5. The van der Waals surface area contributed by atoms with Gasteiger partial charge in [-0.15, -0.1) is 0 Å². The lowest BCUT2D eigenvalue weighted by Crippen LogP contribution is -2.45. The second kappa shape index (κ2) is 7.39. The van der Waals surface area contributed by atoms with Crippen molar-refractivity contribution in [2.45, 2.75) is 24.9 Å². The number of halogens is 1. The summed E-state index contributed by atoms with van der Waals surface area (Å²) in [5.74, 6) is -3.98. The zero-order valence-corrected chi connectivity index (χ0v) is 15.5. The predicted octanol–water partition coefficient (Wildman–Crippen LogP) is 0.459. The third-order valence-corrected chi connectivity index (χ3v) is 5.26. The first-order chi connectivity index (χ1) is 13.8. The van der Waals surface area contributed by atoms with Crippen LogP contribution in [0.1, 0.15) is 18.4 Å². The predicted molar refractivity (Wildman–Crippen MR) is 98.8 cm³/mol. The largest absolute Gasteiger partial charge is 0.465 e. The lowest BCUT2D eigenvalue weighted by atomic mass is 9.68. The Bertz CT molecular complexity index is 966. The van der Waals surface area contributed by atoms with E-state index in [1.807, 2.05) is 6.07 Å². The molecule has 8 nitrogen and oxygen atoms in total. The summed E-state index contributed by atoms with van der Waals surface area (Å²) >= 11 is 0. The van der Waals surface area contributed by atoms with Crippen LogP contribution in [-0.4, -0.2) is 41.4 Å². The summed E-state index contributed by atoms with van der Waals surface area (Å²) in [4.78, 5) is 38.5. The number of hydrogen-bond acceptors (Lipinski definition) is 6. The van der Waals surface area contributed by atoms with Crippen molar-refractivity contribution in [3.63, 3.8) is 0 Å². The minimum Gasteiger partial charge on any atom is -0.465 e. The average Bonchev–Trinajstić information content (AvgIpc) is 2.99. The van der Waals surface area contributed by atoms with Gasteiger partial charge in [-0.25, -0.2) is 4.39 Å². The highest BCUT2D eigenvalue weighted by molar-refractivity contribution is 5.96. The van der Waals surface area contributed by atoms with Crippen molar-refractivity contribution in [3.8, 4) is 6.07 Å². The zero-order valence-electron chi connectivity index (χ0n) is 15.5. The molecule has 4 N–H and O–H groups in total. The Morgan fingerprint density at radius 2 is 1.93 bits per heavy atom. The first-order valence-corrected chi connectivity index (χ1v) is 8.88. The Morgan fingerprint density at radius 3 is 2.45 bits per heavy atom. The van der Waals surface area contributed by atoms with E-state index in [0.29, 0.717) is 5.56 Å². The van der Waals surface area contributed by atoms with Crippen molar-refractivity contribution in [1.29, 1.82) is 5.26 Å². The molecule has 2 aliphatic heterocycles. The van der Waals surface area contributed by atoms with E-state index < -0.39 is 47.0 Å². The molecule has 0 bridgehead atoms. The normalized spacial score (nSPS) is 27.6. The molecule has 0 radical (unpaired) electrons. The second-order valence-electron chi connectivity index (χ2n) is 6.78. The maximum Gasteiger partial charge on any atom is 0.329 e. The highest BCUT2D eigenvalue weighted by Gasteiger charge is 2.66. The molecule has 2 amide bonds. The first-order valence-electron chi connectivity index (χ1n) is 8.88. The molecule has 0 spiro atoms. The lowest BCUT2D eigenvalue weighted by Gasteiger charge is -2.32. The number of esters is 1. The van der Waals surface area contributed by atoms with Gasteiger partial charge < -0.3 is 21.1 Å². The summed E-state index contributed by atoms with van der Waals surface area (Å²) in [6.07, 6.45) is 4.16. The van der Waals surface area contributed by atoms with Crippen molar-refractivity contribution in [1.82, 2.24) is 4.90 Å². The van der Waals surface area contributed by atoms with E-state index in [-0.39, 0.29) is 12.2 Å². The maximum absolute atomic E-state index is 13.5. The Labute approximate surface area is 166 Å². The van der Waals surface area contributed by atoms with Crippen molar-refractivity contribution < 1.29 is 23.5 Å². The van der Waals surface area contributed by atoms with Crippen molar-refractivity contribution in [2.75, 3.05) is 6.61 Å². The van der Waals surface area contributed by atoms with Crippen LogP contribution in [0, 0.1) is 22.6 Å². The molecule has 150 valence electrons. The number of carbonyl (C=O) groups excluding carboxylic acids is 3. The maximum atomic E-state index is 13.5. The van der Waals surface area contributed by atoms with E-state index in [0.717, 1.165) is 0 Å². The minimum atomic E-state index is -1.86. The van der Waals surface area contributed by atoms with E-state index in [2.05, 4.69) is 0 Å². The number of carbonyl (C=O) groups is 3. The molecule has 1 aromatic carbocycles. The highest BCUT2D eigenvalue weighted by Crippen LogP contribution is 2.53. The van der Waals surface area contributed by atoms with Crippen LogP contribution in [0.3, 0.4) is 0 Å². The number of fused-ring (bicyclic) bond motifs is 1. The molecule has 3 rings (SSSR count). The fourth-order valence-corrected chi connectivity index (χ4v) is 4.08. The Hall–Kier alpha value is -3.67. The van der Waals surface area contributed by atoms with Gasteiger partial charge in [0.05, 0.1) is 24.3 Å². The summed E-state index contributed by atoms with van der Waals surface area (Å²) in [7, 11) is 0. The summed E-state index contributed by atoms with van der Waals surface area (Å²) in [5, 5.41) is 10.2. The van der Waals surface area contributed by atoms with Crippen LogP contribution in [0.15, 0.2) is 48.2 Å². The number of nitrogens with zero attached hydrogens (tertiary/aromatic N) is 2. The molecule has 1 aromatic rings. The monoisotopic (exact) mass is 398 g/mol. The third-order valence-electron chi connectivity index (χ3n) is 5.26. The number of amides is 2. The third kappa shape index (κ3) is 3.02. The van der Waals surface area contributed by atoms with Crippen LogP contribution in [0.25, 0.3) is 0 Å². The second-order valence-corrected chi connectivity index (χ2v) is 6.78. The lowest BCUT2D eigenvalue weighted by molar-refractivity contribution is -0.153. The van der Waals surface area contributed by atoms with Crippen molar-refractivity contribution >= 4 is 17.8 Å². The molecule has 2 heterocycles. The van der Waals surface area contributed by atoms with E-state index >= 15 is 0 Å². The van der Waals surface area contributed by atoms with Crippen molar-refractivity contribution in [2.24, 2.45) is 16.9 Å². The average molecular weight is 398 g/mol. The number of ether oxygens (including phenoxy) is 1. The van der Waals surface area contributed by atoms with Gasteiger partial charge in [0.1, 0.15) is 11.9 Å². The van der Waals surface area contributed by atoms with Gasteiger partial charge in [-0.05, 0) is 30.7 Å². The Balaban J connectivity index is 2.28. The number of nitrogens with two attached hydrogens (primary N) is 2. The fraction of sp³-hybridized carbons (Fsp3) is 0.300. The summed E-state index contributed by atoms with van der Waals surface area (Å²) < 4.78 is 18.7. The SMILES string of the molecule is CCOC(=O)[C@]1(C#N)[C@@H]2C=CC(C(N)=O)=CN2[C@@H](C(N)=O)[C@@H]1c1ccc(F)cc1. The van der Waals surface area contributed by atoms with Crippen LogP contribution < -0.4 is 11.5 Å².